The molecule has 1 N–H and O–H groups in total. The predicted molar refractivity (Wildman–Crippen MR) is 164 cm³/mol. The number of rotatable bonds is 7. The van der Waals surface area contributed by atoms with Crippen molar-refractivity contribution < 1.29 is 19.4 Å². The van der Waals surface area contributed by atoms with Crippen molar-refractivity contribution in [1.29, 1.82) is 0 Å². The van der Waals surface area contributed by atoms with Crippen molar-refractivity contribution >= 4 is 74.5 Å². The molecule has 1 saturated heterocycles. The van der Waals surface area contributed by atoms with Crippen molar-refractivity contribution in [2.24, 2.45) is 0 Å². The number of carbonyl (C=O) groups excluding carboxylic acids is 2. The lowest BCUT2D eigenvalue weighted by atomic mass is 9.96. The van der Waals surface area contributed by atoms with Crippen molar-refractivity contribution in [3.8, 4) is 5.75 Å². The molecule has 4 heterocycles. The lowest BCUT2D eigenvalue weighted by Crippen LogP contribution is -2.29. The fourth-order valence-electron chi connectivity index (χ4n) is 4.82. The van der Waals surface area contributed by atoms with Crippen LogP contribution in [0.3, 0.4) is 0 Å². The summed E-state index contributed by atoms with van der Waals surface area (Å²) in [7, 11) is 1.53. The first-order valence-electron chi connectivity index (χ1n) is 12.6. The minimum Gasteiger partial charge on any atom is -0.505 e. The van der Waals surface area contributed by atoms with Gasteiger partial charge >= 0.3 is 5.91 Å². The summed E-state index contributed by atoms with van der Waals surface area (Å²) in [4.78, 5) is 33.1. The van der Waals surface area contributed by atoms with Crippen LogP contribution in [-0.2, 0) is 15.3 Å². The first-order valence-corrected chi connectivity index (χ1v) is 15.1. The highest BCUT2D eigenvalue weighted by Gasteiger charge is 2.49. The Kier molecular flexibility index (Phi) is 7.67. The highest BCUT2D eigenvalue weighted by Crippen LogP contribution is 2.45. The van der Waals surface area contributed by atoms with Crippen molar-refractivity contribution in [2.75, 3.05) is 12.0 Å². The molecular weight excluding hydrogens is 617 g/mol. The summed E-state index contributed by atoms with van der Waals surface area (Å²) in [6, 6.07) is 16.7. The summed E-state index contributed by atoms with van der Waals surface area (Å²) >= 11 is 14.9. The van der Waals surface area contributed by atoms with E-state index in [0.717, 1.165) is 16.9 Å². The molecule has 0 radical (unpaired) electrons. The molecule has 13 heteroatoms. The van der Waals surface area contributed by atoms with Crippen molar-refractivity contribution in [3.63, 3.8) is 0 Å². The number of ether oxygens (including phenoxy) is 1. The SMILES string of the molecule is COc1cccc(C2/C(=C(\O)c3c(C)nc4ccccn34)C(=O)C(=O)N2c2nnc(SCc3ccc(Cl)cc3Cl)s2)c1. The molecule has 212 valence electrons. The van der Waals surface area contributed by atoms with Gasteiger partial charge in [-0.3, -0.25) is 18.9 Å². The van der Waals surface area contributed by atoms with Crippen LogP contribution in [0.2, 0.25) is 10.0 Å². The molecule has 1 fully saturated rings. The van der Waals surface area contributed by atoms with Crippen LogP contribution < -0.4 is 9.64 Å². The quantitative estimate of drug-likeness (QED) is 0.0688. The number of hydrogen-bond donors (Lipinski definition) is 1. The van der Waals surface area contributed by atoms with Crippen molar-refractivity contribution in [2.45, 2.75) is 23.1 Å². The Balaban J connectivity index is 1.44. The molecule has 1 aliphatic heterocycles. The number of aliphatic hydroxyl groups excluding tert-OH is 1. The summed E-state index contributed by atoms with van der Waals surface area (Å²) < 4.78 is 7.67. The zero-order valence-electron chi connectivity index (χ0n) is 22.1. The van der Waals surface area contributed by atoms with E-state index in [2.05, 4.69) is 15.2 Å². The van der Waals surface area contributed by atoms with Crippen LogP contribution >= 0.6 is 46.3 Å². The number of amides is 1. The lowest BCUT2D eigenvalue weighted by molar-refractivity contribution is -0.132. The number of pyridine rings is 1. The number of aromatic nitrogens is 4. The summed E-state index contributed by atoms with van der Waals surface area (Å²) in [5.41, 5.74) is 2.76. The van der Waals surface area contributed by atoms with Gasteiger partial charge in [-0.1, -0.05) is 70.6 Å². The van der Waals surface area contributed by atoms with Crippen LogP contribution in [0.25, 0.3) is 11.4 Å². The number of hydrogen-bond acceptors (Lipinski definition) is 9. The van der Waals surface area contributed by atoms with E-state index in [9.17, 15) is 14.7 Å². The second kappa shape index (κ2) is 11.4. The van der Waals surface area contributed by atoms with E-state index in [1.807, 2.05) is 12.1 Å². The number of nitrogens with zero attached hydrogens (tertiary/aromatic N) is 5. The molecular formula is C29H21Cl2N5O4S2. The van der Waals surface area contributed by atoms with Crippen LogP contribution in [-0.4, -0.2) is 43.5 Å². The first kappa shape index (κ1) is 28.2. The average molecular weight is 639 g/mol. The Morgan fingerprint density at radius 1 is 1.10 bits per heavy atom. The average Bonchev–Trinajstić information content (AvgIpc) is 3.66. The Bertz CT molecular complexity index is 1900. The molecule has 1 atom stereocenters. The molecule has 0 bridgehead atoms. The number of Topliss-reactive ketones (excluding diaryl/α,β-unsaturated/α-hetero) is 1. The number of aryl methyl sites for hydroxylation is 1. The van der Waals surface area contributed by atoms with E-state index >= 15 is 0 Å². The molecule has 1 aliphatic rings. The second-order valence-corrected chi connectivity index (χ2v) is 12.3. The molecule has 0 spiro atoms. The summed E-state index contributed by atoms with van der Waals surface area (Å²) in [5.74, 6) is -0.989. The van der Waals surface area contributed by atoms with E-state index in [1.54, 1.807) is 66.1 Å². The maximum absolute atomic E-state index is 13.6. The van der Waals surface area contributed by atoms with Crippen LogP contribution in [0.1, 0.15) is 28.6 Å². The van der Waals surface area contributed by atoms with Gasteiger partial charge in [0.2, 0.25) is 5.13 Å². The Hall–Kier alpha value is -3.90. The maximum atomic E-state index is 13.6. The third kappa shape index (κ3) is 5.02. The van der Waals surface area contributed by atoms with Crippen molar-refractivity contribution in [1.82, 2.24) is 19.6 Å². The molecule has 0 aliphatic carbocycles. The number of halogens is 2. The minimum absolute atomic E-state index is 0.0839. The van der Waals surface area contributed by atoms with Gasteiger partial charge in [-0.05, 0) is 54.4 Å². The fourth-order valence-corrected chi connectivity index (χ4v) is 7.25. The number of ketones is 1. The fraction of sp³-hybridized carbons (Fsp3) is 0.138. The van der Waals surface area contributed by atoms with Crippen molar-refractivity contribution in [3.05, 3.63) is 105 Å². The molecule has 5 aromatic rings. The van der Waals surface area contributed by atoms with Crippen LogP contribution in [0.4, 0.5) is 5.13 Å². The van der Waals surface area contributed by atoms with Gasteiger partial charge in [-0.2, -0.15) is 0 Å². The largest absolute Gasteiger partial charge is 0.505 e. The number of anilines is 1. The van der Waals surface area contributed by atoms with E-state index < -0.39 is 17.7 Å². The smallest absolute Gasteiger partial charge is 0.301 e. The molecule has 6 rings (SSSR count). The second-order valence-electron chi connectivity index (χ2n) is 9.30. The first-order chi connectivity index (χ1) is 20.3. The van der Waals surface area contributed by atoms with Gasteiger partial charge in [0.15, 0.2) is 10.1 Å². The molecule has 42 heavy (non-hydrogen) atoms. The topological polar surface area (TPSA) is 110 Å². The van der Waals surface area contributed by atoms with Gasteiger partial charge in [0.1, 0.15) is 17.1 Å². The molecule has 3 aromatic heterocycles. The molecule has 1 amide bonds. The number of benzene rings is 2. The maximum Gasteiger partial charge on any atom is 0.301 e. The van der Waals surface area contributed by atoms with E-state index in [-0.39, 0.29) is 16.5 Å². The highest BCUT2D eigenvalue weighted by atomic mass is 35.5. The molecule has 9 nitrogen and oxygen atoms in total. The van der Waals surface area contributed by atoms with Gasteiger partial charge in [0, 0.05) is 22.0 Å². The summed E-state index contributed by atoms with van der Waals surface area (Å²) in [6.45, 7) is 1.74. The molecule has 1 unspecified atom stereocenters. The number of imidazole rings is 1. The summed E-state index contributed by atoms with van der Waals surface area (Å²) in [6.07, 6.45) is 1.74. The van der Waals surface area contributed by atoms with Gasteiger partial charge in [0.05, 0.1) is 24.4 Å². The third-order valence-corrected chi connectivity index (χ3v) is 9.44. The summed E-state index contributed by atoms with van der Waals surface area (Å²) in [5, 5.41) is 21.5. The third-order valence-electron chi connectivity index (χ3n) is 6.75. The van der Waals surface area contributed by atoms with E-state index in [0.29, 0.717) is 48.5 Å². The number of thioether (sulfide) groups is 1. The van der Waals surface area contributed by atoms with E-state index in [4.69, 9.17) is 27.9 Å². The minimum atomic E-state index is -0.995. The number of aliphatic hydroxyl groups is 1. The highest BCUT2D eigenvalue weighted by molar-refractivity contribution is 8.00. The van der Waals surface area contributed by atoms with Crippen LogP contribution in [0.15, 0.2) is 76.8 Å². The van der Waals surface area contributed by atoms with Gasteiger partial charge in [-0.15, -0.1) is 10.2 Å². The Morgan fingerprint density at radius 2 is 1.93 bits per heavy atom. The standard InChI is InChI=1S/C29H21Cl2N5O4S2/c1-15-23(35-11-4-3-8-21(35)32-15)25(37)22-24(16-6-5-7-19(12-16)40-2)36(27(39)26(22)38)28-33-34-29(42-28)41-14-17-9-10-18(30)13-20(17)31/h3-13,24,37H,14H2,1-2H3/b25-22+. The lowest BCUT2D eigenvalue weighted by Gasteiger charge is -2.22. The van der Waals surface area contributed by atoms with E-state index in [1.165, 1.54) is 23.8 Å². The zero-order chi connectivity index (χ0) is 29.5. The van der Waals surface area contributed by atoms with Crippen LogP contribution in [0.5, 0.6) is 5.75 Å². The zero-order valence-corrected chi connectivity index (χ0v) is 25.3. The molecule has 2 aromatic carbocycles. The van der Waals surface area contributed by atoms with Gasteiger partial charge < -0.3 is 9.84 Å². The van der Waals surface area contributed by atoms with Gasteiger partial charge in [0.25, 0.3) is 5.78 Å². The Labute approximate surface area is 258 Å². The van der Waals surface area contributed by atoms with Gasteiger partial charge in [-0.25, -0.2) is 4.98 Å². The number of carbonyl (C=O) groups is 2. The Morgan fingerprint density at radius 3 is 2.71 bits per heavy atom. The predicted octanol–water partition coefficient (Wildman–Crippen LogP) is 6.73. The monoisotopic (exact) mass is 637 g/mol. The number of methoxy groups -OCH3 is 1. The molecule has 0 saturated carbocycles. The number of fused-ring (bicyclic) bond motifs is 1. The van der Waals surface area contributed by atoms with Crippen LogP contribution in [0, 0.1) is 6.92 Å². The normalized spacial score (nSPS) is 16.5.